The van der Waals surface area contributed by atoms with Crippen LogP contribution in [0.3, 0.4) is 0 Å². The van der Waals surface area contributed by atoms with Gasteiger partial charge in [0.1, 0.15) is 11.5 Å². The molecule has 1 atom stereocenters. The van der Waals surface area contributed by atoms with E-state index in [4.69, 9.17) is 27.9 Å². The summed E-state index contributed by atoms with van der Waals surface area (Å²) in [5, 5.41) is 11.9. The van der Waals surface area contributed by atoms with E-state index in [9.17, 15) is 14.7 Å². The molecule has 0 unspecified atom stereocenters. The third kappa shape index (κ3) is 4.77. The summed E-state index contributed by atoms with van der Waals surface area (Å²) < 4.78 is 5.23. The van der Waals surface area contributed by atoms with Gasteiger partial charge in [-0.1, -0.05) is 29.3 Å². The number of likely N-dealkylation sites (tertiary alicyclic amines) is 1. The van der Waals surface area contributed by atoms with Crippen LogP contribution in [0.1, 0.15) is 29.2 Å². The van der Waals surface area contributed by atoms with Crippen molar-refractivity contribution in [1.82, 2.24) is 9.80 Å². The molecule has 1 amide bonds. The number of ketones is 1. The van der Waals surface area contributed by atoms with Crippen molar-refractivity contribution < 1.29 is 19.4 Å². The molecule has 0 aliphatic carbocycles. The van der Waals surface area contributed by atoms with Crippen LogP contribution in [0.15, 0.2) is 42.0 Å². The maximum Gasteiger partial charge on any atom is 0.295 e. The Kier molecular flexibility index (Phi) is 7.49. The largest absolute Gasteiger partial charge is 0.507 e. The lowest BCUT2D eigenvalue weighted by atomic mass is 9.94. The molecule has 0 spiro atoms. The van der Waals surface area contributed by atoms with Crippen LogP contribution in [-0.4, -0.2) is 60.9 Å². The molecule has 1 aliphatic rings. The van der Waals surface area contributed by atoms with Crippen molar-refractivity contribution >= 4 is 40.7 Å². The quantitative estimate of drug-likeness (QED) is 0.356. The Labute approximate surface area is 198 Å². The third-order valence-corrected chi connectivity index (χ3v) is 6.23. The summed E-state index contributed by atoms with van der Waals surface area (Å²) in [6.45, 7) is 2.90. The number of amides is 1. The van der Waals surface area contributed by atoms with Gasteiger partial charge in [-0.2, -0.15) is 0 Å². The van der Waals surface area contributed by atoms with Crippen molar-refractivity contribution in [1.29, 1.82) is 0 Å². The van der Waals surface area contributed by atoms with E-state index >= 15 is 0 Å². The average molecular weight is 477 g/mol. The highest BCUT2D eigenvalue weighted by Crippen LogP contribution is 2.41. The molecule has 8 heteroatoms. The molecule has 0 aromatic heterocycles. The number of aryl methyl sites for hydroxylation is 1. The van der Waals surface area contributed by atoms with E-state index < -0.39 is 17.7 Å². The number of aliphatic hydroxyl groups excluding tert-OH is 1. The van der Waals surface area contributed by atoms with Crippen molar-refractivity contribution in [2.45, 2.75) is 19.4 Å². The summed E-state index contributed by atoms with van der Waals surface area (Å²) in [4.78, 5) is 29.6. The summed E-state index contributed by atoms with van der Waals surface area (Å²) >= 11 is 12.3. The van der Waals surface area contributed by atoms with E-state index in [0.717, 1.165) is 6.54 Å². The van der Waals surface area contributed by atoms with Crippen LogP contribution in [0.5, 0.6) is 5.75 Å². The highest BCUT2D eigenvalue weighted by molar-refractivity contribution is 6.47. The Morgan fingerprint density at radius 1 is 1.12 bits per heavy atom. The van der Waals surface area contributed by atoms with Gasteiger partial charge in [-0.25, -0.2) is 0 Å². The fraction of sp³-hybridized carbons (Fsp3) is 0.333. The average Bonchev–Trinajstić information content (AvgIpc) is 3.00. The van der Waals surface area contributed by atoms with E-state index in [0.29, 0.717) is 45.5 Å². The number of ether oxygens (including phenoxy) is 1. The Balaban J connectivity index is 2.15. The van der Waals surface area contributed by atoms with Crippen molar-refractivity contribution in [2.24, 2.45) is 0 Å². The number of benzene rings is 2. The minimum atomic E-state index is -0.770. The van der Waals surface area contributed by atoms with Gasteiger partial charge in [0.15, 0.2) is 0 Å². The van der Waals surface area contributed by atoms with E-state index in [1.165, 1.54) is 4.90 Å². The molecule has 0 bridgehead atoms. The van der Waals surface area contributed by atoms with E-state index in [2.05, 4.69) is 0 Å². The molecule has 0 radical (unpaired) electrons. The van der Waals surface area contributed by atoms with Crippen molar-refractivity contribution in [3.63, 3.8) is 0 Å². The van der Waals surface area contributed by atoms with Crippen LogP contribution in [0.2, 0.25) is 10.0 Å². The lowest BCUT2D eigenvalue weighted by molar-refractivity contribution is -0.139. The predicted octanol–water partition coefficient (Wildman–Crippen LogP) is 4.68. The number of carbonyl (C=O) groups excluding carboxylic acids is 2. The standard InChI is InChI=1S/C24H26Cl2N2O4/c1-14-12-16(32-4)7-8-17(14)22(29)20-21(15-6-9-18(25)19(26)13-15)28(24(31)23(20)30)11-5-10-27(2)3/h6-9,12-13,21,29H,5,10-11H2,1-4H3/b22-20+/t21-/m1/s1. The number of hydrogen-bond acceptors (Lipinski definition) is 5. The maximum absolute atomic E-state index is 13.1. The zero-order chi connectivity index (χ0) is 23.6. The molecule has 0 saturated carbocycles. The van der Waals surface area contributed by atoms with Gasteiger partial charge in [0.25, 0.3) is 11.7 Å². The zero-order valence-corrected chi connectivity index (χ0v) is 20.0. The van der Waals surface area contributed by atoms with Crippen LogP contribution in [0.25, 0.3) is 5.76 Å². The van der Waals surface area contributed by atoms with Gasteiger partial charge < -0.3 is 19.6 Å². The zero-order valence-electron chi connectivity index (χ0n) is 18.5. The number of hydrogen-bond donors (Lipinski definition) is 1. The Hall–Kier alpha value is -2.54. The van der Waals surface area contributed by atoms with Gasteiger partial charge in [0.05, 0.1) is 28.8 Å². The normalized spacial score (nSPS) is 18.0. The van der Waals surface area contributed by atoms with Crippen molar-refractivity contribution in [2.75, 3.05) is 34.3 Å². The Morgan fingerprint density at radius 2 is 1.84 bits per heavy atom. The highest BCUT2D eigenvalue weighted by Gasteiger charge is 2.46. The SMILES string of the molecule is COc1ccc(/C(O)=C2\C(=O)C(=O)N(CCCN(C)C)[C@@H]2c2ccc(Cl)c(Cl)c2)c(C)c1. The molecule has 1 saturated heterocycles. The van der Waals surface area contributed by atoms with Crippen molar-refractivity contribution in [3.8, 4) is 5.75 Å². The van der Waals surface area contributed by atoms with Gasteiger partial charge in [-0.3, -0.25) is 9.59 Å². The summed E-state index contributed by atoms with van der Waals surface area (Å²) in [7, 11) is 5.44. The molecule has 32 heavy (non-hydrogen) atoms. The number of rotatable bonds is 7. The second-order valence-corrected chi connectivity index (χ2v) is 8.82. The molecule has 2 aromatic carbocycles. The summed E-state index contributed by atoms with van der Waals surface area (Å²) in [5.41, 5.74) is 1.82. The topological polar surface area (TPSA) is 70.1 Å². The Morgan fingerprint density at radius 3 is 2.44 bits per heavy atom. The van der Waals surface area contributed by atoms with Crippen LogP contribution >= 0.6 is 23.2 Å². The first-order chi connectivity index (χ1) is 15.1. The molecular weight excluding hydrogens is 451 g/mol. The first-order valence-electron chi connectivity index (χ1n) is 10.2. The van der Waals surface area contributed by atoms with E-state index in [1.54, 1.807) is 50.4 Å². The number of carbonyl (C=O) groups is 2. The molecule has 1 aliphatic heterocycles. The first-order valence-corrected chi connectivity index (χ1v) is 10.9. The van der Waals surface area contributed by atoms with Crippen LogP contribution in [0.4, 0.5) is 0 Å². The van der Waals surface area contributed by atoms with Gasteiger partial charge in [0, 0.05) is 12.1 Å². The fourth-order valence-corrected chi connectivity index (χ4v) is 4.18. The lowest BCUT2D eigenvalue weighted by Gasteiger charge is -2.26. The second-order valence-electron chi connectivity index (χ2n) is 8.00. The smallest absolute Gasteiger partial charge is 0.295 e. The van der Waals surface area contributed by atoms with Gasteiger partial charge in [-0.15, -0.1) is 0 Å². The minimum Gasteiger partial charge on any atom is -0.507 e. The number of Topliss-reactive ketones (excluding diaryl/α,β-unsaturated/α-hetero) is 1. The van der Waals surface area contributed by atoms with Gasteiger partial charge in [-0.05, 0) is 75.4 Å². The third-order valence-electron chi connectivity index (χ3n) is 5.49. The molecule has 1 fully saturated rings. The van der Waals surface area contributed by atoms with Crippen LogP contribution in [0, 0.1) is 6.92 Å². The van der Waals surface area contributed by atoms with Gasteiger partial charge >= 0.3 is 0 Å². The molecule has 3 rings (SSSR count). The molecule has 2 aromatic rings. The number of methoxy groups -OCH3 is 1. The summed E-state index contributed by atoms with van der Waals surface area (Å²) in [6, 6.07) is 9.34. The Bertz CT molecular complexity index is 1080. The van der Waals surface area contributed by atoms with Crippen LogP contribution < -0.4 is 4.74 Å². The van der Waals surface area contributed by atoms with E-state index in [1.807, 2.05) is 19.0 Å². The predicted molar refractivity (Wildman–Crippen MR) is 126 cm³/mol. The molecule has 6 nitrogen and oxygen atoms in total. The highest BCUT2D eigenvalue weighted by atomic mass is 35.5. The molecule has 1 heterocycles. The van der Waals surface area contributed by atoms with Crippen LogP contribution in [-0.2, 0) is 9.59 Å². The first kappa shape index (κ1) is 24.1. The fourth-order valence-electron chi connectivity index (χ4n) is 3.87. The number of aliphatic hydroxyl groups is 1. The number of nitrogens with zero attached hydrogens (tertiary/aromatic N) is 2. The monoisotopic (exact) mass is 476 g/mol. The molecule has 1 N–H and O–H groups in total. The summed E-state index contributed by atoms with van der Waals surface area (Å²) in [5.74, 6) is -0.968. The van der Waals surface area contributed by atoms with Crippen molar-refractivity contribution in [3.05, 3.63) is 68.7 Å². The van der Waals surface area contributed by atoms with E-state index in [-0.39, 0.29) is 11.3 Å². The summed E-state index contributed by atoms with van der Waals surface area (Å²) in [6.07, 6.45) is 0.666. The maximum atomic E-state index is 13.1. The second kappa shape index (κ2) is 9.94. The minimum absolute atomic E-state index is 0.0338. The molecule has 170 valence electrons. The molecular formula is C24H26Cl2N2O4. The lowest BCUT2D eigenvalue weighted by Crippen LogP contribution is -2.32. The van der Waals surface area contributed by atoms with Gasteiger partial charge in [0.2, 0.25) is 0 Å². The number of halogens is 2.